The minimum Gasteiger partial charge on any atom is -0.339 e. The third kappa shape index (κ3) is 4.80. The summed E-state index contributed by atoms with van der Waals surface area (Å²) in [5, 5.41) is 2.63. The lowest BCUT2D eigenvalue weighted by molar-refractivity contribution is -0.116. The Kier molecular flexibility index (Phi) is 6.29. The van der Waals surface area contributed by atoms with Crippen LogP contribution in [0.5, 0.6) is 0 Å². The summed E-state index contributed by atoms with van der Waals surface area (Å²) in [4.78, 5) is 26.7. The van der Waals surface area contributed by atoms with Crippen molar-refractivity contribution in [1.29, 1.82) is 0 Å². The molecule has 1 heterocycles. The van der Waals surface area contributed by atoms with Crippen molar-refractivity contribution in [1.82, 2.24) is 9.21 Å². The van der Waals surface area contributed by atoms with Gasteiger partial charge in [-0.3, -0.25) is 9.59 Å². The molecule has 2 amide bonds. The summed E-state index contributed by atoms with van der Waals surface area (Å²) >= 11 is 0. The van der Waals surface area contributed by atoms with Gasteiger partial charge in [0.15, 0.2) is 0 Å². The number of sulfonamides is 1. The number of para-hydroxylation sites is 1. The molecule has 0 saturated carbocycles. The molecule has 1 aliphatic heterocycles. The smallest absolute Gasteiger partial charge is 0.255 e. The average molecular weight is 419 g/mol. The van der Waals surface area contributed by atoms with Crippen LogP contribution < -0.4 is 5.32 Å². The van der Waals surface area contributed by atoms with E-state index in [1.807, 2.05) is 0 Å². The van der Waals surface area contributed by atoms with Crippen LogP contribution in [0, 0.1) is 5.82 Å². The molecule has 29 heavy (non-hydrogen) atoms. The maximum atomic E-state index is 13.0. The second kappa shape index (κ2) is 8.71. The SMILES string of the molecule is CN(CC(=O)Nc1ccccc1C(=O)N1CCCC1)S(=O)(=O)c1ccc(F)cc1. The first-order valence-corrected chi connectivity index (χ1v) is 10.6. The molecule has 0 unspecified atom stereocenters. The Morgan fingerprint density at radius 1 is 1.07 bits per heavy atom. The van der Waals surface area contributed by atoms with Gasteiger partial charge in [0.1, 0.15) is 5.82 Å². The largest absolute Gasteiger partial charge is 0.339 e. The van der Waals surface area contributed by atoms with Crippen molar-refractivity contribution in [3.8, 4) is 0 Å². The Morgan fingerprint density at radius 3 is 2.34 bits per heavy atom. The highest BCUT2D eigenvalue weighted by Crippen LogP contribution is 2.20. The molecule has 1 fully saturated rings. The molecule has 0 aliphatic carbocycles. The molecule has 1 aliphatic rings. The minimum absolute atomic E-state index is 0.112. The van der Waals surface area contributed by atoms with E-state index in [1.165, 1.54) is 7.05 Å². The quantitative estimate of drug-likeness (QED) is 0.779. The number of hydrogen-bond acceptors (Lipinski definition) is 4. The highest BCUT2D eigenvalue weighted by atomic mass is 32.2. The van der Waals surface area contributed by atoms with E-state index in [1.54, 1.807) is 29.2 Å². The Labute approximate surface area is 169 Å². The number of carbonyl (C=O) groups is 2. The maximum Gasteiger partial charge on any atom is 0.255 e. The van der Waals surface area contributed by atoms with E-state index in [-0.39, 0.29) is 10.8 Å². The highest BCUT2D eigenvalue weighted by molar-refractivity contribution is 7.89. The van der Waals surface area contributed by atoms with Crippen molar-refractivity contribution in [2.24, 2.45) is 0 Å². The van der Waals surface area contributed by atoms with Crippen molar-refractivity contribution in [2.45, 2.75) is 17.7 Å². The minimum atomic E-state index is -3.95. The van der Waals surface area contributed by atoms with Crippen LogP contribution in [-0.2, 0) is 14.8 Å². The number of nitrogens with one attached hydrogen (secondary N) is 1. The molecule has 154 valence electrons. The fraction of sp³-hybridized carbons (Fsp3) is 0.300. The Bertz CT molecular complexity index is 1000. The van der Waals surface area contributed by atoms with Gasteiger partial charge in [-0.2, -0.15) is 4.31 Å². The third-order valence-electron chi connectivity index (χ3n) is 4.71. The van der Waals surface area contributed by atoms with Crippen LogP contribution in [0.2, 0.25) is 0 Å². The monoisotopic (exact) mass is 419 g/mol. The number of halogens is 1. The lowest BCUT2D eigenvalue weighted by Gasteiger charge is -2.19. The molecule has 0 atom stereocenters. The van der Waals surface area contributed by atoms with Crippen molar-refractivity contribution < 1.29 is 22.4 Å². The van der Waals surface area contributed by atoms with Gasteiger partial charge in [-0.1, -0.05) is 12.1 Å². The molecule has 7 nitrogen and oxygen atoms in total. The lowest BCUT2D eigenvalue weighted by atomic mass is 10.1. The first kappa shape index (κ1) is 20.9. The molecule has 2 aromatic carbocycles. The van der Waals surface area contributed by atoms with Gasteiger partial charge in [0, 0.05) is 20.1 Å². The molecule has 1 saturated heterocycles. The number of anilines is 1. The highest BCUT2D eigenvalue weighted by Gasteiger charge is 2.25. The molecule has 2 aromatic rings. The second-order valence-electron chi connectivity index (χ2n) is 6.81. The normalized spacial score (nSPS) is 14.2. The van der Waals surface area contributed by atoms with Crippen molar-refractivity contribution in [2.75, 3.05) is 32.0 Å². The number of amides is 2. The van der Waals surface area contributed by atoms with E-state index >= 15 is 0 Å². The maximum absolute atomic E-state index is 13.0. The zero-order valence-corrected chi connectivity index (χ0v) is 16.8. The van der Waals surface area contributed by atoms with E-state index in [0.717, 1.165) is 41.4 Å². The van der Waals surface area contributed by atoms with Crippen LogP contribution in [-0.4, -0.2) is 56.1 Å². The zero-order chi connectivity index (χ0) is 21.0. The van der Waals surface area contributed by atoms with Crippen LogP contribution in [0.15, 0.2) is 53.4 Å². The van der Waals surface area contributed by atoms with Gasteiger partial charge in [-0.25, -0.2) is 12.8 Å². The van der Waals surface area contributed by atoms with Crippen LogP contribution in [0.4, 0.5) is 10.1 Å². The second-order valence-corrected chi connectivity index (χ2v) is 8.85. The fourth-order valence-electron chi connectivity index (χ4n) is 3.13. The van der Waals surface area contributed by atoms with Gasteiger partial charge in [0.2, 0.25) is 15.9 Å². The number of hydrogen-bond donors (Lipinski definition) is 1. The summed E-state index contributed by atoms with van der Waals surface area (Å²) in [6, 6.07) is 11.0. The van der Waals surface area contributed by atoms with Gasteiger partial charge in [-0.15, -0.1) is 0 Å². The predicted molar refractivity (Wildman–Crippen MR) is 106 cm³/mol. The summed E-state index contributed by atoms with van der Waals surface area (Å²) in [5.41, 5.74) is 0.703. The molecular formula is C20H22FN3O4S. The van der Waals surface area contributed by atoms with E-state index in [9.17, 15) is 22.4 Å². The fourth-order valence-corrected chi connectivity index (χ4v) is 4.26. The Hall–Kier alpha value is -2.78. The summed E-state index contributed by atoms with van der Waals surface area (Å²) in [5.74, 6) is -1.30. The molecule has 0 spiro atoms. The van der Waals surface area contributed by atoms with Crippen LogP contribution in [0.1, 0.15) is 23.2 Å². The van der Waals surface area contributed by atoms with Crippen molar-refractivity contribution in [3.63, 3.8) is 0 Å². The summed E-state index contributed by atoms with van der Waals surface area (Å²) in [6.45, 7) is 0.908. The van der Waals surface area contributed by atoms with Crippen molar-refractivity contribution in [3.05, 3.63) is 59.9 Å². The molecule has 0 bridgehead atoms. The first-order valence-electron chi connectivity index (χ1n) is 9.19. The van der Waals surface area contributed by atoms with E-state index in [2.05, 4.69) is 5.32 Å². The van der Waals surface area contributed by atoms with E-state index in [0.29, 0.717) is 24.3 Å². The molecule has 0 aromatic heterocycles. The molecule has 3 rings (SSSR count). The van der Waals surface area contributed by atoms with Gasteiger partial charge in [0.25, 0.3) is 5.91 Å². The van der Waals surface area contributed by atoms with Crippen LogP contribution >= 0.6 is 0 Å². The van der Waals surface area contributed by atoms with E-state index in [4.69, 9.17) is 0 Å². The molecule has 0 radical (unpaired) electrons. The molecule has 1 N–H and O–H groups in total. The number of rotatable bonds is 6. The van der Waals surface area contributed by atoms with Gasteiger partial charge in [0.05, 0.1) is 22.7 Å². The number of likely N-dealkylation sites (tertiary alicyclic amines) is 1. The Morgan fingerprint density at radius 2 is 1.69 bits per heavy atom. The number of likely N-dealkylation sites (N-methyl/N-ethyl adjacent to an activating group) is 1. The van der Waals surface area contributed by atoms with Crippen molar-refractivity contribution >= 4 is 27.5 Å². The standard InChI is InChI=1S/C20H22FN3O4S/c1-23(29(27,28)16-10-8-15(21)9-11-16)14-19(25)22-18-7-3-2-6-17(18)20(26)24-12-4-5-13-24/h2-3,6-11H,4-5,12-14H2,1H3,(H,22,25). The van der Waals surface area contributed by atoms with Crippen LogP contribution in [0.25, 0.3) is 0 Å². The predicted octanol–water partition coefficient (Wildman–Crippen LogP) is 2.32. The van der Waals surface area contributed by atoms with Crippen LogP contribution in [0.3, 0.4) is 0 Å². The average Bonchev–Trinajstić information content (AvgIpc) is 3.23. The lowest BCUT2D eigenvalue weighted by Crippen LogP contribution is -2.35. The van der Waals surface area contributed by atoms with E-state index < -0.39 is 28.3 Å². The summed E-state index contributed by atoms with van der Waals surface area (Å²) < 4.78 is 39.0. The van der Waals surface area contributed by atoms with Gasteiger partial charge in [-0.05, 0) is 49.2 Å². The third-order valence-corrected chi connectivity index (χ3v) is 6.53. The van der Waals surface area contributed by atoms with Gasteiger partial charge >= 0.3 is 0 Å². The summed E-state index contributed by atoms with van der Waals surface area (Å²) in [6.07, 6.45) is 1.90. The first-order chi connectivity index (χ1) is 13.8. The molecular weight excluding hydrogens is 397 g/mol. The molecule has 9 heteroatoms. The number of carbonyl (C=O) groups excluding carboxylic acids is 2. The van der Waals surface area contributed by atoms with Gasteiger partial charge < -0.3 is 10.2 Å². The number of nitrogens with zero attached hydrogens (tertiary/aromatic N) is 2. The zero-order valence-electron chi connectivity index (χ0n) is 16.0. The topological polar surface area (TPSA) is 86.8 Å². The number of benzene rings is 2. The summed E-state index contributed by atoms with van der Waals surface area (Å²) in [7, 11) is -2.69. The Balaban J connectivity index is 1.71.